The second kappa shape index (κ2) is 31.5. The number of aliphatic hydroxyl groups is 1. The molecule has 0 bridgehead atoms. The van der Waals surface area contributed by atoms with Crippen LogP contribution in [-0.4, -0.2) is 142 Å². The van der Waals surface area contributed by atoms with Crippen LogP contribution in [0.4, 0.5) is 0 Å². The van der Waals surface area contributed by atoms with Crippen LogP contribution in [0, 0.1) is 5.92 Å². The molecule has 0 aromatic heterocycles. The van der Waals surface area contributed by atoms with Gasteiger partial charge in [-0.25, -0.2) is 0 Å². The third-order valence-electron chi connectivity index (χ3n) is 13.0. The molecule has 1 fully saturated rings. The summed E-state index contributed by atoms with van der Waals surface area (Å²) in [6, 6.07) is 14.3. The van der Waals surface area contributed by atoms with Crippen LogP contribution in [-0.2, 0) is 64.0 Å². The predicted octanol–water partition coefficient (Wildman–Crippen LogP) is 0.583. The number of hydrogen-bond acceptors (Lipinski definition) is 16. The number of unbranched alkanes of at least 4 members (excludes halogenated alkanes) is 1. The Labute approximate surface area is 476 Å². The zero-order chi connectivity index (χ0) is 58.5. The fourth-order valence-corrected chi connectivity index (χ4v) is 10.9. The molecule has 16 N–H and O–H groups in total. The first kappa shape index (κ1) is 63.6. The molecule has 0 aliphatic carbocycles. The van der Waals surface area contributed by atoms with E-state index in [2.05, 4.69) is 37.2 Å². The molecule has 4 aromatic rings. The van der Waals surface area contributed by atoms with Crippen LogP contribution in [0.25, 0.3) is 0 Å². The molecule has 1 aliphatic rings. The Morgan fingerprint density at radius 1 is 0.688 bits per heavy atom. The lowest BCUT2D eigenvalue weighted by Gasteiger charge is -2.29. The van der Waals surface area contributed by atoms with E-state index >= 15 is 0 Å². The Morgan fingerprint density at radius 3 is 1.84 bits per heavy atom. The van der Waals surface area contributed by atoms with Crippen LogP contribution >= 0.6 is 33.2 Å². The van der Waals surface area contributed by atoms with Crippen molar-refractivity contribution in [3.63, 3.8) is 0 Å². The molecule has 8 amide bonds. The Bertz CT molecular complexity index is 2780. The summed E-state index contributed by atoms with van der Waals surface area (Å²) in [4.78, 5) is 126. The Hall–Kier alpha value is -7.22. The molecule has 1 saturated heterocycles. The molecule has 22 nitrogen and oxygen atoms in total. The lowest BCUT2D eigenvalue weighted by molar-refractivity contribution is -0.137. The van der Waals surface area contributed by atoms with Gasteiger partial charge in [0.2, 0.25) is 47.3 Å². The number of Topliss-reactive ketones (excluding diaryl/α,β-unsaturated/α-hetero) is 1. The van der Waals surface area contributed by atoms with Crippen molar-refractivity contribution in [2.24, 2.45) is 23.1 Å². The van der Waals surface area contributed by atoms with Gasteiger partial charge in [0.05, 0.1) is 18.2 Å². The number of phenolic OH excluding ortho intramolecular Hbond substituents is 2. The summed E-state index contributed by atoms with van der Waals surface area (Å²) in [7, 11) is 3.71. The fraction of sp³-hybridized carbons (Fsp3) is 0.400. The average Bonchev–Trinajstić information content (AvgIpc) is 3.42. The van der Waals surface area contributed by atoms with E-state index in [4.69, 9.17) is 28.8 Å². The lowest BCUT2D eigenvalue weighted by Crippen LogP contribution is -2.62. The minimum absolute atomic E-state index is 0.00422. The molecule has 9 atom stereocenters. The van der Waals surface area contributed by atoms with E-state index in [1.165, 1.54) is 67.6 Å². The topological polar surface area (TPSA) is 377 Å². The molecule has 0 unspecified atom stereocenters. The van der Waals surface area contributed by atoms with Gasteiger partial charge in [-0.3, -0.25) is 43.2 Å². The third kappa shape index (κ3) is 20.5. The average molecular weight is 1160 g/mol. The van der Waals surface area contributed by atoms with Crippen molar-refractivity contribution >= 4 is 86.2 Å². The standard InChI is InChI=1S/C55H69ClN10O12S2/c1-30(67)47-55(78)65-45(54(77)62-42(49(59)72)25-34-12-20-39(69)21-13-34)29-80-79-28-44(64-51(74)40(57)24-32-8-16-37(56)17-9-32)46(70)27-36(23-31-10-18-38(68)19-11-31)50(73)63-43(26-33-6-14-35(15-7-33)48(58)71)53(76)61-41(52(75)66-47)5-3-4-22-60-2/h6-21,30,36,40-45,47,60,67-69H,3-5,22-29,57H2,1-2H3,(H2,58,71)(H2,59,72)(H,61,76)(H,62,77)(H,63,73)(H,64,74)(H,65,78)(H,66,75)/t30-,36-,40+,41+,42-,43-,44-,45+,47+/m1/s1. The number of carbonyl (C=O) groups excluding carboxylic acids is 9. The second-order valence-corrected chi connectivity index (χ2v) is 22.4. The van der Waals surface area contributed by atoms with E-state index in [1.54, 1.807) is 43.4 Å². The van der Waals surface area contributed by atoms with Gasteiger partial charge in [0.15, 0.2) is 5.78 Å². The summed E-state index contributed by atoms with van der Waals surface area (Å²) in [5, 5.41) is 50.4. The van der Waals surface area contributed by atoms with Crippen molar-refractivity contribution in [1.82, 2.24) is 37.2 Å². The molecule has 1 aliphatic heterocycles. The zero-order valence-corrected chi connectivity index (χ0v) is 46.5. The second-order valence-electron chi connectivity index (χ2n) is 19.4. The number of halogens is 1. The number of aromatic hydroxyl groups is 2. The number of nitrogens with two attached hydrogens (primary N) is 3. The number of nitrogens with one attached hydrogen (secondary N) is 7. The van der Waals surface area contributed by atoms with Gasteiger partial charge in [-0.1, -0.05) is 81.7 Å². The van der Waals surface area contributed by atoms with Crippen LogP contribution < -0.4 is 54.4 Å². The van der Waals surface area contributed by atoms with Gasteiger partial charge in [0, 0.05) is 47.3 Å². The van der Waals surface area contributed by atoms with Crippen molar-refractivity contribution in [3.8, 4) is 11.5 Å². The third-order valence-corrected chi connectivity index (χ3v) is 15.7. The Balaban J connectivity index is 1.58. The van der Waals surface area contributed by atoms with Crippen molar-refractivity contribution in [2.75, 3.05) is 25.1 Å². The Morgan fingerprint density at radius 2 is 1.24 bits per heavy atom. The van der Waals surface area contributed by atoms with Crippen LogP contribution in [0.15, 0.2) is 97.1 Å². The first-order valence-corrected chi connectivity index (χ1v) is 28.6. The molecule has 80 heavy (non-hydrogen) atoms. The van der Waals surface area contributed by atoms with Gasteiger partial charge < -0.3 is 69.7 Å². The number of phenols is 2. The highest BCUT2D eigenvalue weighted by molar-refractivity contribution is 8.76. The van der Waals surface area contributed by atoms with Crippen LogP contribution in [0.3, 0.4) is 0 Å². The van der Waals surface area contributed by atoms with Crippen molar-refractivity contribution in [3.05, 3.63) is 130 Å². The number of rotatable bonds is 20. The minimum Gasteiger partial charge on any atom is -0.508 e. The molecule has 25 heteroatoms. The summed E-state index contributed by atoms with van der Waals surface area (Å²) in [6.45, 7) is 1.76. The summed E-state index contributed by atoms with van der Waals surface area (Å²) < 4.78 is 0. The maximum atomic E-state index is 14.8. The quantitative estimate of drug-likeness (QED) is 0.0425. The monoisotopic (exact) mass is 1160 g/mol. The number of carbonyl (C=O) groups is 9. The maximum Gasteiger partial charge on any atom is 0.248 e. The number of hydrogen-bond donors (Lipinski definition) is 13. The van der Waals surface area contributed by atoms with Gasteiger partial charge in [-0.15, -0.1) is 0 Å². The van der Waals surface area contributed by atoms with Crippen LogP contribution in [0.5, 0.6) is 11.5 Å². The Kier molecular flexibility index (Phi) is 25.1. The van der Waals surface area contributed by atoms with Crippen LogP contribution in [0.2, 0.25) is 5.02 Å². The first-order chi connectivity index (χ1) is 38.1. The minimum atomic E-state index is -1.74. The maximum absolute atomic E-state index is 14.8. The van der Waals surface area contributed by atoms with Crippen molar-refractivity contribution in [1.29, 1.82) is 0 Å². The summed E-state index contributed by atoms with van der Waals surface area (Å²) in [5.74, 6) is -9.33. The number of aliphatic hydroxyl groups excluding tert-OH is 1. The number of amides is 8. The van der Waals surface area contributed by atoms with Crippen molar-refractivity contribution < 1.29 is 58.5 Å². The van der Waals surface area contributed by atoms with E-state index in [0.29, 0.717) is 46.7 Å². The molecule has 430 valence electrons. The van der Waals surface area contributed by atoms with Crippen LogP contribution in [0.1, 0.15) is 65.2 Å². The van der Waals surface area contributed by atoms with Gasteiger partial charge in [-0.2, -0.15) is 0 Å². The first-order valence-electron chi connectivity index (χ1n) is 25.8. The summed E-state index contributed by atoms with van der Waals surface area (Å²) >= 11 is 6.08. The zero-order valence-electron chi connectivity index (χ0n) is 44.2. The summed E-state index contributed by atoms with van der Waals surface area (Å²) in [6.07, 6.45) is -1.60. The number of benzene rings is 4. The van der Waals surface area contributed by atoms with E-state index in [1.807, 2.05) is 0 Å². The van der Waals surface area contributed by atoms with Gasteiger partial charge >= 0.3 is 0 Å². The van der Waals surface area contributed by atoms with E-state index in [9.17, 15) is 58.5 Å². The van der Waals surface area contributed by atoms with Gasteiger partial charge in [0.1, 0.15) is 41.7 Å². The molecule has 0 spiro atoms. The molecule has 0 radical (unpaired) electrons. The molecular formula is C55H69ClN10O12S2. The highest BCUT2D eigenvalue weighted by atomic mass is 35.5. The number of primary amides is 2. The molecular weight excluding hydrogens is 1090 g/mol. The van der Waals surface area contributed by atoms with E-state index in [-0.39, 0.29) is 60.7 Å². The normalized spacial score (nSPS) is 21.0. The number of ketones is 1. The smallest absolute Gasteiger partial charge is 0.248 e. The predicted molar refractivity (Wildman–Crippen MR) is 304 cm³/mol. The highest BCUT2D eigenvalue weighted by Gasteiger charge is 2.37. The molecule has 5 rings (SSSR count). The SMILES string of the molecule is CNCCCC[C@@H]1NC(=O)[C@@H](Cc2ccc(C(N)=O)cc2)NC(=O)[C@H](Cc2ccc(O)cc2)CC(=O)[C@H](NC(=O)[C@@H](N)Cc2ccc(Cl)cc2)CSSC[C@@H](C(=O)N[C@H](Cc2ccc(O)cc2)C(N)=O)NC(=O)[C@H]([C@@H](C)O)NC1=O. The van der Waals surface area contributed by atoms with E-state index < -0.39 is 114 Å². The summed E-state index contributed by atoms with van der Waals surface area (Å²) in [5.41, 5.74) is 19.9. The lowest BCUT2D eigenvalue weighted by atomic mass is 9.90. The highest BCUT2D eigenvalue weighted by Crippen LogP contribution is 2.26. The molecule has 0 saturated carbocycles. The van der Waals surface area contributed by atoms with E-state index in [0.717, 1.165) is 21.6 Å². The van der Waals surface area contributed by atoms with Gasteiger partial charge in [0.25, 0.3) is 0 Å². The fourth-order valence-electron chi connectivity index (χ4n) is 8.45. The molecule has 1 heterocycles. The van der Waals surface area contributed by atoms with Crippen molar-refractivity contribution in [2.45, 2.75) is 107 Å². The van der Waals surface area contributed by atoms with Gasteiger partial charge in [-0.05, 0) is 123 Å². The largest absolute Gasteiger partial charge is 0.508 e. The molecule has 4 aromatic carbocycles.